The van der Waals surface area contributed by atoms with Crippen molar-refractivity contribution in [1.82, 2.24) is 0 Å². The molecule has 1 aliphatic rings. The van der Waals surface area contributed by atoms with Crippen LogP contribution >= 0.6 is 0 Å². The fraction of sp³-hybridized carbons (Fsp3) is 0.652. The molecule has 0 saturated carbocycles. The first-order valence-corrected chi connectivity index (χ1v) is 10.3. The Morgan fingerprint density at radius 2 is 1.90 bits per heavy atom. The molecule has 0 aromatic heterocycles. The van der Waals surface area contributed by atoms with Crippen LogP contribution in [0.5, 0.6) is 5.75 Å². The third-order valence-electron chi connectivity index (χ3n) is 5.43. The van der Waals surface area contributed by atoms with Crippen LogP contribution in [0.1, 0.15) is 62.3 Å². The Hall–Kier alpha value is -2.08. The Bertz CT molecular complexity index is 782. The molecule has 0 amide bonds. The second kappa shape index (κ2) is 9.16. The number of hydrogen-bond acceptors (Lipinski definition) is 6. The van der Waals surface area contributed by atoms with Gasteiger partial charge in [-0.15, -0.1) is 0 Å². The molecule has 0 bridgehead atoms. The predicted molar refractivity (Wildman–Crippen MR) is 114 cm³/mol. The third kappa shape index (κ3) is 5.50. The highest BCUT2D eigenvalue weighted by molar-refractivity contribution is 5.95. The quantitative estimate of drug-likeness (QED) is 0.502. The van der Waals surface area contributed by atoms with E-state index in [1.807, 2.05) is 14.1 Å². The molecule has 1 aromatic carbocycles. The molecule has 0 radical (unpaired) electrons. The third-order valence-corrected chi connectivity index (χ3v) is 5.43. The predicted octanol–water partition coefficient (Wildman–Crippen LogP) is 3.29. The molecule has 1 N–H and O–H groups in total. The molecule has 0 saturated heterocycles. The lowest BCUT2D eigenvalue weighted by Gasteiger charge is -2.25. The topological polar surface area (TPSA) is 76.1 Å². The summed E-state index contributed by atoms with van der Waals surface area (Å²) in [4.78, 5) is 25.5. The molecular weight excluding hydrogens is 370 g/mol. The van der Waals surface area contributed by atoms with Gasteiger partial charge in [-0.05, 0) is 64.2 Å². The van der Waals surface area contributed by atoms with Gasteiger partial charge in [0.1, 0.15) is 23.6 Å². The highest BCUT2D eigenvalue weighted by Gasteiger charge is 2.35. The van der Waals surface area contributed by atoms with Crippen LogP contribution in [0.25, 0.3) is 0 Å². The minimum absolute atomic E-state index is 0.0429. The van der Waals surface area contributed by atoms with E-state index in [2.05, 4.69) is 32.6 Å². The molecule has 0 fully saturated rings. The molecule has 162 valence electrons. The smallest absolute Gasteiger partial charge is 0.313 e. The summed E-state index contributed by atoms with van der Waals surface area (Å²) >= 11 is 0. The molecule has 6 heteroatoms. The summed E-state index contributed by atoms with van der Waals surface area (Å²) in [5.41, 5.74) is 5.64. The minimum Gasteiger partial charge on any atom is -0.487 e. The van der Waals surface area contributed by atoms with Gasteiger partial charge in [-0.3, -0.25) is 9.59 Å². The van der Waals surface area contributed by atoms with E-state index in [1.54, 1.807) is 6.92 Å². The average Bonchev–Trinajstić information content (AvgIpc) is 2.90. The summed E-state index contributed by atoms with van der Waals surface area (Å²) in [5, 5.41) is 10.4. The number of nitrogens with zero attached hydrogens (tertiary/aromatic N) is 1. The highest BCUT2D eigenvalue weighted by atomic mass is 16.5. The van der Waals surface area contributed by atoms with Crippen molar-refractivity contribution in [1.29, 1.82) is 0 Å². The van der Waals surface area contributed by atoms with Crippen LogP contribution in [0.2, 0.25) is 0 Å². The molecule has 6 nitrogen and oxygen atoms in total. The molecule has 1 heterocycles. The molecule has 0 aliphatic carbocycles. The highest BCUT2D eigenvalue weighted by Crippen LogP contribution is 2.45. The number of aliphatic hydroxyl groups is 1. The van der Waals surface area contributed by atoms with Gasteiger partial charge in [0.2, 0.25) is 0 Å². The molecule has 2 rings (SSSR count). The van der Waals surface area contributed by atoms with Crippen molar-refractivity contribution < 1.29 is 24.2 Å². The van der Waals surface area contributed by atoms with Crippen LogP contribution in [0, 0.1) is 13.8 Å². The van der Waals surface area contributed by atoms with E-state index < -0.39 is 12.1 Å². The number of ketones is 1. The van der Waals surface area contributed by atoms with E-state index in [0.29, 0.717) is 12.8 Å². The van der Waals surface area contributed by atoms with Gasteiger partial charge >= 0.3 is 5.97 Å². The summed E-state index contributed by atoms with van der Waals surface area (Å²) in [6.45, 7) is 10.3. The number of rotatable bonds is 9. The van der Waals surface area contributed by atoms with Crippen molar-refractivity contribution in [2.24, 2.45) is 0 Å². The first kappa shape index (κ1) is 23.2. The van der Waals surface area contributed by atoms with Gasteiger partial charge in [-0.25, -0.2) is 0 Å². The van der Waals surface area contributed by atoms with E-state index in [1.165, 1.54) is 16.8 Å². The molecule has 1 unspecified atom stereocenters. The maximum Gasteiger partial charge on any atom is 0.313 e. The number of anilines is 1. The van der Waals surface area contributed by atoms with Crippen LogP contribution in [-0.4, -0.2) is 49.3 Å². The number of hydrogen-bond donors (Lipinski definition) is 1. The number of aliphatic hydroxyl groups excluding tert-OH is 1. The Morgan fingerprint density at radius 3 is 2.48 bits per heavy atom. The lowest BCUT2D eigenvalue weighted by Crippen LogP contribution is -2.25. The summed E-state index contributed by atoms with van der Waals surface area (Å²) in [6.07, 6.45) is 0.763. The summed E-state index contributed by atoms with van der Waals surface area (Å²) < 4.78 is 11.1. The van der Waals surface area contributed by atoms with Crippen molar-refractivity contribution in [2.45, 2.75) is 78.4 Å². The lowest BCUT2D eigenvalue weighted by molar-refractivity contribution is -0.145. The summed E-state index contributed by atoms with van der Waals surface area (Å²) in [7, 11) is 4.07. The van der Waals surface area contributed by atoms with Gasteiger partial charge in [0.05, 0.1) is 12.7 Å². The number of benzene rings is 1. The molecular formula is C23H35NO5. The number of esters is 1. The zero-order valence-corrected chi connectivity index (χ0v) is 18.8. The van der Waals surface area contributed by atoms with Gasteiger partial charge in [-0.2, -0.15) is 0 Å². The first-order chi connectivity index (χ1) is 13.5. The van der Waals surface area contributed by atoms with Crippen LogP contribution in [0.3, 0.4) is 0 Å². The molecule has 29 heavy (non-hydrogen) atoms. The molecule has 1 atom stereocenters. The SMILES string of the molecule is CCOC(=O)CC(=O)CC(O)CCc1c(C)c(N(C)C)c(C)c2c1OC(C)(C)C2. The Balaban J connectivity index is 2.17. The second-order valence-corrected chi connectivity index (χ2v) is 8.73. The number of Topliss-reactive ketones (excluding diaryl/α,β-unsaturated/α-hetero) is 1. The summed E-state index contributed by atoms with van der Waals surface area (Å²) in [6, 6.07) is 0. The van der Waals surface area contributed by atoms with Crippen LogP contribution in [-0.2, 0) is 27.2 Å². The Morgan fingerprint density at radius 1 is 1.24 bits per heavy atom. The zero-order chi connectivity index (χ0) is 21.9. The zero-order valence-electron chi connectivity index (χ0n) is 18.8. The van der Waals surface area contributed by atoms with Crippen LogP contribution < -0.4 is 9.64 Å². The van der Waals surface area contributed by atoms with E-state index in [9.17, 15) is 14.7 Å². The number of carbonyl (C=O) groups excluding carboxylic acids is 2. The van der Waals surface area contributed by atoms with Crippen LogP contribution in [0.4, 0.5) is 5.69 Å². The molecule has 1 aliphatic heterocycles. The normalized spacial score (nSPS) is 15.4. The molecule has 0 spiro atoms. The largest absolute Gasteiger partial charge is 0.487 e. The number of fused-ring (bicyclic) bond motifs is 1. The Kier molecular flexibility index (Phi) is 7.33. The fourth-order valence-electron chi connectivity index (χ4n) is 4.26. The summed E-state index contributed by atoms with van der Waals surface area (Å²) in [5.74, 6) is 0.0944. The number of ether oxygens (including phenoxy) is 2. The van der Waals surface area contributed by atoms with Gasteiger partial charge in [0, 0.05) is 38.2 Å². The van der Waals surface area contributed by atoms with Gasteiger partial charge < -0.3 is 19.5 Å². The van der Waals surface area contributed by atoms with Crippen molar-refractivity contribution in [2.75, 3.05) is 25.6 Å². The first-order valence-electron chi connectivity index (χ1n) is 10.3. The van der Waals surface area contributed by atoms with Gasteiger partial charge in [-0.1, -0.05) is 0 Å². The maximum atomic E-state index is 12.0. The maximum absolute atomic E-state index is 12.0. The van der Waals surface area contributed by atoms with Crippen molar-refractivity contribution >= 4 is 17.4 Å². The average molecular weight is 406 g/mol. The van der Waals surface area contributed by atoms with Crippen molar-refractivity contribution in [3.05, 3.63) is 22.3 Å². The van der Waals surface area contributed by atoms with E-state index >= 15 is 0 Å². The van der Waals surface area contributed by atoms with E-state index in [4.69, 9.17) is 9.47 Å². The van der Waals surface area contributed by atoms with Gasteiger partial charge in [0.25, 0.3) is 0 Å². The second-order valence-electron chi connectivity index (χ2n) is 8.73. The minimum atomic E-state index is -0.800. The molecule has 1 aromatic rings. The van der Waals surface area contributed by atoms with Crippen molar-refractivity contribution in [3.8, 4) is 5.75 Å². The fourth-order valence-corrected chi connectivity index (χ4v) is 4.26. The van der Waals surface area contributed by atoms with Crippen LogP contribution in [0.15, 0.2) is 0 Å². The lowest BCUT2D eigenvalue weighted by atomic mass is 9.89. The van der Waals surface area contributed by atoms with E-state index in [0.717, 1.165) is 23.3 Å². The number of carbonyl (C=O) groups is 2. The van der Waals surface area contributed by atoms with Gasteiger partial charge in [0.15, 0.2) is 0 Å². The van der Waals surface area contributed by atoms with Crippen molar-refractivity contribution in [3.63, 3.8) is 0 Å². The van der Waals surface area contributed by atoms with E-state index in [-0.39, 0.29) is 30.8 Å². The Labute approximate surface area is 174 Å². The standard InChI is InChI=1S/C23H35NO5/c1-8-28-20(27)12-17(26)11-16(25)9-10-18-14(2)21(24(6)7)15(3)19-13-23(4,5)29-22(18)19/h16,25H,8-13H2,1-7H3. The monoisotopic (exact) mass is 405 g/mol.